The van der Waals surface area contributed by atoms with Crippen LogP contribution in [-0.4, -0.2) is 16.1 Å². The number of alkyl halides is 1. The Bertz CT molecular complexity index is 580. The summed E-state index contributed by atoms with van der Waals surface area (Å²) in [4.78, 5) is 7.36. The van der Waals surface area contributed by atoms with Gasteiger partial charge in [-0.3, -0.25) is 0 Å². The van der Waals surface area contributed by atoms with Crippen molar-refractivity contribution in [3.63, 3.8) is 0 Å². The first-order chi connectivity index (χ1) is 7.83. The van der Waals surface area contributed by atoms with E-state index in [-0.39, 0.29) is 0 Å². The molecule has 3 rings (SSSR count). The minimum absolute atomic E-state index is 0.455. The maximum Gasteiger partial charge on any atom is 0.137 e. The summed E-state index contributed by atoms with van der Waals surface area (Å²) < 4.78 is 12.9. The van der Waals surface area contributed by atoms with E-state index in [9.17, 15) is 4.39 Å². The molecule has 80 valence electrons. The second kappa shape index (κ2) is 3.59. The molecule has 2 aromatic rings. The number of rotatable bonds is 1. The first-order valence-corrected chi connectivity index (χ1v) is 5.29. The summed E-state index contributed by atoms with van der Waals surface area (Å²) >= 11 is 0. The van der Waals surface area contributed by atoms with Crippen LogP contribution in [0.1, 0.15) is 12.0 Å². The molecule has 2 aromatic heterocycles. The number of fused-ring (bicyclic) bond motifs is 1. The molecule has 0 saturated carbocycles. The highest BCUT2D eigenvalue weighted by Gasteiger charge is 2.08. The Morgan fingerprint density at radius 1 is 1.44 bits per heavy atom. The van der Waals surface area contributed by atoms with Crippen LogP contribution in [0.4, 0.5) is 4.39 Å². The van der Waals surface area contributed by atoms with Gasteiger partial charge in [-0.15, -0.1) is 0 Å². The lowest BCUT2D eigenvalue weighted by Gasteiger charge is -2.09. The third kappa shape index (κ3) is 1.54. The molecular formula is C13H11FN2. The number of nitrogens with zero attached hydrogens (tertiary/aromatic N) is 1. The van der Waals surface area contributed by atoms with Crippen LogP contribution in [0.5, 0.6) is 0 Å². The van der Waals surface area contributed by atoms with Crippen LogP contribution in [0.3, 0.4) is 0 Å². The van der Waals surface area contributed by atoms with Gasteiger partial charge < -0.3 is 4.98 Å². The molecule has 0 aliphatic heterocycles. The number of hydrogen-bond acceptors (Lipinski definition) is 1. The van der Waals surface area contributed by atoms with Crippen LogP contribution in [-0.2, 0) is 0 Å². The molecule has 0 amide bonds. The number of pyridine rings is 1. The summed E-state index contributed by atoms with van der Waals surface area (Å²) in [7, 11) is 0. The normalized spacial score (nSPS) is 20.1. The molecule has 0 fully saturated rings. The van der Waals surface area contributed by atoms with Gasteiger partial charge in [-0.2, -0.15) is 0 Å². The minimum atomic E-state index is -0.840. The fraction of sp³-hybridized carbons (Fsp3) is 0.154. The number of nitrogens with one attached hydrogen (secondary N) is 1. The summed E-state index contributed by atoms with van der Waals surface area (Å²) in [6.45, 7) is 0. The van der Waals surface area contributed by atoms with E-state index in [1.807, 2.05) is 30.6 Å². The van der Waals surface area contributed by atoms with E-state index < -0.39 is 6.17 Å². The van der Waals surface area contributed by atoms with E-state index in [0.29, 0.717) is 6.42 Å². The smallest absolute Gasteiger partial charge is 0.137 e. The van der Waals surface area contributed by atoms with Crippen molar-refractivity contribution in [3.05, 3.63) is 48.3 Å². The second-order valence-electron chi connectivity index (χ2n) is 3.91. The van der Waals surface area contributed by atoms with Gasteiger partial charge in [0.05, 0.1) is 0 Å². The molecule has 0 saturated heterocycles. The van der Waals surface area contributed by atoms with Crippen molar-refractivity contribution in [1.82, 2.24) is 9.97 Å². The van der Waals surface area contributed by atoms with Crippen molar-refractivity contribution in [1.29, 1.82) is 0 Å². The van der Waals surface area contributed by atoms with Gasteiger partial charge in [0.2, 0.25) is 0 Å². The van der Waals surface area contributed by atoms with E-state index in [1.54, 1.807) is 6.08 Å². The predicted octanol–water partition coefficient (Wildman–Crippen LogP) is 3.24. The average Bonchev–Trinajstić information content (AvgIpc) is 2.77. The van der Waals surface area contributed by atoms with Crippen molar-refractivity contribution in [3.8, 4) is 0 Å². The molecular weight excluding hydrogens is 203 g/mol. The van der Waals surface area contributed by atoms with Crippen LogP contribution in [0.25, 0.3) is 16.6 Å². The summed E-state index contributed by atoms with van der Waals surface area (Å²) in [6.07, 6.45) is 8.63. The Morgan fingerprint density at radius 2 is 2.38 bits per heavy atom. The zero-order valence-electron chi connectivity index (χ0n) is 8.65. The van der Waals surface area contributed by atoms with Crippen LogP contribution < -0.4 is 0 Å². The summed E-state index contributed by atoms with van der Waals surface area (Å²) in [5, 5.41) is 1.08. The monoisotopic (exact) mass is 214 g/mol. The zero-order chi connectivity index (χ0) is 11.0. The number of hydrogen-bond donors (Lipinski definition) is 1. The molecule has 1 aliphatic carbocycles. The number of allylic oxidation sites excluding steroid dienone is 4. The SMILES string of the molecule is FC1C=CC(c2cnc3[nH]ccc3c2)=CC1. The van der Waals surface area contributed by atoms with Gasteiger partial charge in [0.15, 0.2) is 0 Å². The molecule has 3 heteroatoms. The maximum absolute atomic E-state index is 12.9. The molecule has 1 aliphatic rings. The molecule has 2 heterocycles. The zero-order valence-corrected chi connectivity index (χ0v) is 8.65. The quantitative estimate of drug-likeness (QED) is 0.775. The van der Waals surface area contributed by atoms with E-state index in [1.165, 1.54) is 0 Å². The Kier molecular flexibility index (Phi) is 2.10. The van der Waals surface area contributed by atoms with Crippen LogP contribution >= 0.6 is 0 Å². The Hall–Kier alpha value is -1.90. The molecule has 16 heavy (non-hydrogen) atoms. The van der Waals surface area contributed by atoms with Crippen molar-refractivity contribution in [2.45, 2.75) is 12.6 Å². The van der Waals surface area contributed by atoms with Gasteiger partial charge in [-0.1, -0.05) is 12.2 Å². The summed E-state index contributed by atoms with van der Waals surface area (Å²) in [5.74, 6) is 0. The Balaban J connectivity index is 2.03. The van der Waals surface area contributed by atoms with Gasteiger partial charge in [-0.25, -0.2) is 9.37 Å². The van der Waals surface area contributed by atoms with Crippen LogP contribution in [0.15, 0.2) is 42.8 Å². The van der Waals surface area contributed by atoms with Gasteiger partial charge in [0.25, 0.3) is 0 Å². The Morgan fingerprint density at radius 3 is 3.19 bits per heavy atom. The molecule has 1 unspecified atom stereocenters. The number of aromatic amines is 1. The fourth-order valence-corrected chi connectivity index (χ4v) is 1.91. The van der Waals surface area contributed by atoms with Crippen molar-refractivity contribution >= 4 is 16.6 Å². The largest absolute Gasteiger partial charge is 0.346 e. The third-order valence-electron chi connectivity index (χ3n) is 2.78. The van der Waals surface area contributed by atoms with Gasteiger partial charge in [0.1, 0.15) is 11.8 Å². The van der Waals surface area contributed by atoms with Crippen LogP contribution in [0, 0.1) is 0 Å². The number of H-pyrrole nitrogens is 1. The molecule has 1 N–H and O–H groups in total. The lowest BCUT2D eigenvalue weighted by Crippen LogP contribution is -1.98. The molecule has 1 atom stereocenters. The molecule has 0 bridgehead atoms. The lowest BCUT2D eigenvalue weighted by molar-refractivity contribution is 0.402. The molecule has 0 radical (unpaired) electrons. The number of aromatic nitrogens is 2. The topological polar surface area (TPSA) is 28.7 Å². The van der Waals surface area contributed by atoms with Gasteiger partial charge in [0, 0.05) is 29.8 Å². The summed E-state index contributed by atoms with van der Waals surface area (Å²) in [6, 6.07) is 4.05. The molecule has 2 nitrogen and oxygen atoms in total. The maximum atomic E-state index is 12.9. The van der Waals surface area contributed by atoms with Gasteiger partial charge >= 0.3 is 0 Å². The highest BCUT2D eigenvalue weighted by atomic mass is 19.1. The molecule has 0 spiro atoms. The van der Waals surface area contributed by atoms with E-state index in [4.69, 9.17) is 0 Å². The highest BCUT2D eigenvalue weighted by Crippen LogP contribution is 2.24. The fourth-order valence-electron chi connectivity index (χ4n) is 1.91. The van der Waals surface area contributed by atoms with E-state index >= 15 is 0 Å². The Labute approximate surface area is 92.5 Å². The third-order valence-corrected chi connectivity index (χ3v) is 2.78. The van der Waals surface area contributed by atoms with Crippen molar-refractivity contribution in [2.75, 3.05) is 0 Å². The number of halogens is 1. The second-order valence-corrected chi connectivity index (χ2v) is 3.91. The standard InChI is InChI=1S/C13H11FN2/c14-12-3-1-9(2-4-12)11-7-10-5-6-15-13(10)16-8-11/h1-3,5-8,12H,4H2,(H,15,16). The summed E-state index contributed by atoms with van der Waals surface area (Å²) in [5.41, 5.74) is 2.97. The van der Waals surface area contributed by atoms with Gasteiger partial charge in [-0.05, 0) is 23.8 Å². The predicted molar refractivity (Wildman–Crippen MR) is 62.7 cm³/mol. The van der Waals surface area contributed by atoms with E-state index in [2.05, 4.69) is 16.0 Å². The first kappa shape index (κ1) is 9.33. The van der Waals surface area contributed by atoms with Crippen molar-refractivity contribution < 1.29 is 4.39 Å². The average molecular weight is 214 g/mol. The van der Waals surface area contributed by atoms with Crippen LogP contribution in [0.2, 0.25) is 0 Å². The van der Waals surface area contributed by atoms with Crippen molar-refractivity contribution in [2.24, 2.45) is 0 Å². The minimum Gasteiger partial charge on any atom is -0.346 e. The first-order valence-electron chi connectivity index (χ1n) is 5.29. The highest BCUT2D eigenvalue weighted by molar-refractivity contribution is 5.83. The van der Waals surface area contributed by atoms with E-state index in [0.717, 1.165) is 22.2 Å². The molecule has 0 aromatic carbocycles. The lowest BCUT2D eigenvalue weighted by atomic mass is 10.00.